The molecule has 0 heterocycles. The predicted molar refractivity (Wildman–Crippen MR) is 71.2 cm³/mol. The van der Waals surface area contributed by atoms with Gasteiger partial charge in [-0.2, -0.15) is 0 Å². The molecule has 4 N–H and O–H groups in total. The summed E-state index contributed by atoms with van der Waals surface area (Å²) in [5, 5.41) is 11.4. The van der Waals surface area contributed by atoms with E-state index in [0.717, 1.165) is 12.8 Å². The van der Waals surface area contributed by atoms with Crippen molar-refractivity contribution >= 4 is 11.9 Å². The summed E-state index contributed by atoms with van der Waals surface area (Å²) in [6.07, 6.45) is 2.70. The molecule has 0 rings (SSSR count). The summed E-state index contributed by atoms with van der Waals surface area (Å²) in [5.41, 5.74) is 5.59. The average Bonchev–Trinajstić information content (AvgIpc) is 2.24. The van der Waals surface area contributed by atoms with Crippen molar-refractivity contribution in [2.45, 2.75) is 58.9 Å². The van der Waals surface area contributed by atoms with Gasteiger partial charge in [0.1, 0.15) is 0 Å². The van der Waals surface area contributed by atoms with Gasteiger partial charge in [-0.3, -0.25) is 9.59 Å². The van der Waals surface area contributed by atoms with E-state index in [1.165, 1.54) is 0 Å². The zero-order valence-corrected chi connectivity index (χ0v) is 11.7. The van der Waals surface area contributed by atoms with Gasteiger partial charge < -0.3 is 16.2 Å². The minimum Gasteiger partial charge on any atom is -0.481 e. The Balaban J connectivity index is 3.86. The molecule has 0 aromatic heterocycles. The molecule has 1 unspecified atom stereocenters. The fourth-order valence-corrected chi connectivity index (χ4v) is 1.73. The highest BCUT2D eigenvalue weighted by molar-refractivity contribution is 5.76. The lowest BCUT2D eigenvalue weighted by atomic mass is 9.84. The highest BCUT2D eigenvalue weighted by Crippen LogP contribution is 2.25. The Morgan fingerprint density at radius 3 is 2.39 bits per heavy atom. The maximum Gasteiger partial charge on any atom is 0.303 e. The number of aliphatic carboxylic acids is 1. The van der Waals surface area contributed by atoms with E-state index < -0.39 is 5.97 Å². The van der Waals surface area contributed by atoms with Crippen LogP contribution in [0.2, 0.25) is 0 Å². The second kappa shape index (κ2) is 8.08. The molecule has 0 saturated heterocycles. The fourth-order valence-electron chi connectivity index (χ4n) is 1.73. The lowest BCUT2D eigenvalue weighted by molar-refractivity contribution is -0.137. The van der Waals surface area contributed by atoms with Crippen molar-refractivity contribution in [3.8, 4) is 0 Å². The molecule has 18 heavy (non-hydrogen) atoms. The van der Waals surface area contributed by atoms with E-state index in [1.54, 1.807) is 0 Å². The van der Waals surface area contributed by atoms with E-state index in [9.17, 15) is 9.59 Å². The second-order valence-corrected chi connectivity index (χ2v) is 5.60. The maximum atomic E-state index is 11.7. The Morgan fingerprint density at radius 1 is 1.28 bits per heavy atom. The summed E-state index contributed by atoms with van der Waals surface area (Å²) >= 11 is 0. The number of carboxylic acids is 1. The topological polar surface area (TPSA) is 92.4 Å². The number of hydrogen-bond acceptors (Lipinski definition) is 3. The normalized spacial score (nSPS) is 13.1. The molecular weight excluding hydrogens is 232 g/mol. The van der Waals surface area contributed by atoms with Crippen LogP contribution in [0, 0.1) is 5.41 Å². The molecule has 5 nitrogen and oxygen atoms in total. The van der Waals surface area contributed by atoms with E-state index in [0.29, 0.717) is 19.4 Å². The molecule has 0 bridgehead atoms. The number of hydrogen-bond donors (Lipinski definition) is 3. The highest BCUT2D eigenvalue weighted by Gasteiger charge is 2.18. The summed E-state index contributed by atoms with van der Waals surface area (Å²) in [6, 6.07) is -0.0915. The number of carbonyl (C=O) groups excluding carboxylic acids is 1. The van der Waals surface area contributed by atoms with Gasteiger partial charge in [0.15, 0.2) is 0 Å². The molecule has 0 aliphatic rings. The molecule has 0 aliphatic heterocycles. The van der Waals surface area contributed by atoms with Crippen molar-refractivity contribution in [1.29, 1.82) is 0 Å². The highest BCUT2D eigenvalue weighted by atomic mass is 16.4. The molecular formula is C13H26N2O3. The van der Waals surface area contributed by atoms with E-state index in [1.807, 2.05) is 6.92 Å². The van der Waals surface area contributed by atoms with Gasteiger partial charge in [0.05, 0.1) is 0 Å². The van der Waals surface area contributed by atoms with Crippen molar-refractivity contribution in [2.24, 2.45) is 11.1 Å². The number of nitrogens with one attached hydrogen (secondary N) is 1. The molecule has 0 aromatic carbocycles. The van der Waals surface area contributed by atoms with E-state index in [2.05, 4.69) is 19.2 Å². The van der Waals surface area contributed by atoms with Crippen molar-refractivity contribution in [3.05, 3.63) is 0 Å². The number of carboxylic acid groups (broad SMARTS) is 1. The quantitative estimate of drug-likeness (QED) is 0.584. The van der Waals surface area contributed by atoms with Gasteiger partial charge in [0.2, 0.25) is 5.91 Å². The van der Waals surface area contributed by atoms with Crippen LogP contribution in [0.25, 0.3) is 0 Å². The summed E-state index contributed by atoms with van der Waals surface area (Å²) < 4.78 is 0. The van der Waals surface area contributed by atoms with Crippen LogP contribution in [0.1, 0.15) is 52.9 Å². The first-order valence-electron chi connectivity index (χ1n) is 6.48. The zero-order valence-electron chi connectivity index (χ0n) is 11.7. The molecule has 1 atom stereocenters. The predicted octanol–water partition coefficient (Wildman–Crippen LogP) is 1.51. The Labute approximate surface area is 109 Å². The molecule has 0 fully saturated rings. The van der Waals surface area contributed by atoms with Gasteiger partial charge in [0, 0.05) is 18.9 Å². The summed E-state index contributed by atoms with van der Waals surface area (Å²) in [4.78, 5) is 22.1. The first kappa shape index (κ1) is 16.9. The Morgan fingerprint density at radius 2 is 1.89 bits per heavy atom. The van der Waals surface area contributed by atoms with Crippen molar-refractivity contribution in [3.63, 3.8) is 0 Å². The third-order valence-corrected chi connectivity index (χ3v) is 3.05. The van der Waals surface area contributed by atoms with Gasteiger partial charge in [-0.15, -0.1) is 0 Å². The number of amides is 1. The fraction of sp³-hybridized carbons (Fsp3) is 0.846. The van der Waals surface area contributed by atoms with E-state index in [4.69, 9.17) is 10.8 Å². The lowest BCUT2D eigenvalue weighted by Crippen LogP contribution is -2.33. The van der Waals surface area contributed by atoms with Crippen LogP contribution in [-0.2, 0) is 9.59 Å². The largest absolute Gasteiger partial charge is 0.481 e. The van der Waals surface area contributed by atoms with Crippen LogP contribution in [0.15, 0.2) is 0 Å². The zero-order chi connectivity index (χ0) is 14.2. The van der Waals surface area contributed by atoms with Crippen molar-refractivity contribution in [1.82, 2.24) is 5.32 Å². The molecule has 0 spiro atoms. The minimum absolute atomic E-state index is 0.0158. The van der Waals surface area contributed by atoms with Crippen molar-refractivity contribution < 1.29 is 14.7 Å². The summed E-state index contributed by atoms with van der Waals surface area (Å²) in [7, 11) is 0. The second-order valence-electron chi connectivity index (χ2n) is 5.60. The van der Waals surface area contributed by atoms with Crippen LogP contribution in [0.5, 0.6) is 0 Å². The van der Waals surface area contributed by atoms with Crippen LogP contribution < -0.4 is 11.1 Å². The van der Waals surface area contributed by atoms with Gasteiger partial charge >= 0.3 is 5.97 Å². The third kappa shape index (κ3) is 8.98. The molecule has 0 radical (unpaired) electrons. The first-order chi connectivity index (χ1) is 8.26. The van der Waals surface area contributed by atoms with Gasteiger partial charge in [-0.25, -0.2) is 0 Å². The Bertz CT molecular complexity index is 277. The average molecular weight is 258 g/mol. The molecule has 0 saturated carbocycles. The number of carbonyl (C=O) groups is 2. The summed E-state index contributed by atoms with van der Waals surface area (Å²) in [5.74, 6) is -0.849. The van der Waals surface area contributed by atoms with Crippen LogP contribution in [0.3, 0.4) is 0 Å². The molecule has 106 valence electrons. The van der Waals surface area contributed by atoms with Crippen LogP contribution in [0.4, 0.5) is 0 Å². The standard InChI is InChI=1S/C13H26N2O3/c1-10(4-5-12(17)18)15-11(16)6-7-13(2,3)8-9-14/h10H,4-9,14H2,1-3H3,(H,15,16)(H,17,18). The van der Waals surface area contributed by atoms with Crippen LogP contribution >= 0.6 is 0 Å². The van der Waals surface area contributed by atoms with Crippen molar-refractivity contribution in [2.75, 3.05) is 6.54 Å². The molecule has 1 amide bonds. The first-order valence-corrected chi connectivity index (χ1v) is 6.48. The monoisotopic (exact) mass is 258 g/mol. The van der Waals surface area contributed by atoms with Gasteiger partial charge in [0.25, 0.3) is 0 Å². The van der Waals surface area contributed by atoms with Gasteiger partial charge in [-0.05, 0) is 38.1 Å². The SMILES string of the molecule is CC(CCC(=O)O)NC(=O)CCC(C)(C)CCN. The third-order valence-electron chi connectivity index (χ3n) is 3.05. The minimum atomic E-state index is -0.833. The summed E-state index contributed by atoms with van der Waals surface area (Å²) in [6.45, 7) is 6.65. The van der Waals surface area contributed by atoms with E-state index >= 15 is 0 Å². The molecule has 5 heteroatoms. The Kier molecular flexibility index (Phi) is 7.59. The number of nitrogens with two attached hydrogens (primary N) is 1. The Hall–Kier alpha value is -1.10. The smallest absolute Gasteiger partial charge is 0.303 e. The van der Waals surface area contributed by atoms with Gasteiger partial charge in [-0.1, -0.05) is 13.8 Å². The number of rotatable bonds is 9. The molecule has 0 aromatic rings. The van der Waals surface area contributed by atoms with Crippen LogP contribution in [-0.4, -0.2) is 29.6 Å². The molecule has 0 aliphatic carbocycles. The van der Waals surface area contributed by atoms with E-state index in [-0.39, 0.29) is 23.8 Å². The lowest BCUT2D eigenvalue weighted by Gasteiger charge is -2.23. The maximum absolute atomic E-state index is 11.7.